The summed E-state index contributed by atoms with van der Waals surface area (Å²) in [6.07, 6.45) is 0. The minimum atomic E-state index is -0.664. The summed E-state index contributed by atoms with van der Waals surface area (Å²) >= 11 is 0. The maximum absolute atomic E-state index is 13.1. The molecule has 3 rings (SSSR count). The highest BCUT2D eigenvalue weighted by molar-refractivity contribution is 6.11. The van der Waals surface area contributed by atoms with Gasteiger partial charge in [-0.2, -0.15) is 0 Å². The Labute approximate surface area is 144 Å². The van der Waals surface area contributed by atoms with Crippen LogP contribution in [-0.4, -0.2) is 18.4 Å². The van der Waals surface area contributed by atoms with Crippen molar-refractivity contribution in [3.8, 4) is 0 Å². The van der Waals surface area contributed by atoms with E-state index in [0.29, 0.717) is 16.5 Å². The maximum atomic E-state index is 13.1. The summed E-state index contributed by atoms with van der Waals surface area (Å²) in [6.45, 7) is 3.65. The van der Waals surface area contributed by atoms with Crippen LogP contribution in [0, 0.1) is 5.82 Å². The molecule has 0 spiro atoms. The Morgan fingerprint density at radius 1 is 1.12 bits per heavy atom. The Hall–Kier alpha value is -2.95. The number of ketones is 1. The van der Waals surface area contributed by atoms with Crippen LogP contribution in [0.25, 0.3) is 11.0 Å². The molecule has 0 aliphatic carbocycles. The molecule has 1 unspecified atom stereocenters. The van der Waals surface area contributed by atoms with Gasteiger partial charge >= 0.3 is 5.97 Å². The normalized spacial score (nSPS) is 12.1. The van der Waals surface area contributed by atoms with E-state index in [4.69, 9.17) is 9.15 Å². The quantitative estimate of drug-likeness (QED) is 0.508. The van der Waals surface area contributed by atoms with E-state index in [9.17, 15) is 14.0 Å². The van der Waals surface area contributed by atoms with Gasteiger partial charge < -0.3 is 9.15 Å². The first-order chi connectivity index (χ1) is 12.0. The molecule has 2 aromatic carbocycles. The van der Waals surface area contributed by atoms with Crippen LogP contribution in [0.1, 0.15) is 41.4 Å². The number of benzene rings is 2. The summed E-state index contributed by atoms with van der Waals surface area (Å²) in [7, 11) is 0. The Morgan fingerprint density at radius 2 is 1.80 bits per heavy atom. The van der Waals surface area contributed by atoms with E-state index in [-0.39, 0.29) is 17.9 Å². The molecule has 0 amide bonds. The molecular weight excluding hydrogens is 323 g/mol. The highest BCUT2D eigenvalue weighted by Crippen LogP contribution is 2.34. The summed E-state index contributed by atoms with van der Waals surface area (Å²) in [6, 6.07) is 12.3. The van der Waals surface area contributed by atoms with Gasteiger partial charge in [-0.15, -0.1) is 0 Å². The van der Waals surface area contributed by atoms with Crippen LogP contribution in [0.5, 0.6) is 0 Å². The smallest absolute Gasteiger partial charge is 0.313 e. The van der Waals surface area contributed by atoms with Crippen molar-refractivity contribution >= 4 is 22.7 Å². The van der Waals surface area contributed by atoms with Crippen LogP contribution in [0.15, 0.2) is 52.9 Å². The molecule has 5 heteroatoms. The van der Waals surface area contributed by atoms with Gasteiger partial charge in [0.05, 0.1) is 12.5 Å². The zero-order chi connectivity index (χ0) is 18.0. The van der Waals surface area contributed by atoms with Crippen molar-refractivity contribution in [2.45, 2.75) is 19.8 Å². The number of rotatable bonds is 5. The molecule has 0 saturated carbocycles. The lowest BCUT2D eigenvalue weighted by Gasteiger charge is -2.11. The van der Waals surface area contributed by atoms with Crippen molar-refractivity contribution in [1.29, 1.82) is 0 Å². The summed E-state index contributed by atoms with van der Waals surface area (Å²) in [5, 5.41) is 0.688. The van der Waals surface area contributed by atoms with E-state index in [2.05, 4.69) is 0 Å². The second kappa shape index (κ2) is 6.89. The Morgan fingerprint density at radius 3 is 2.48 bits per heavy atom. The van der Waals surface area contributed by atoms with Gasteiger partial charge in [0, 0.05) is 16.5 Å². The van der Waals surface area contributed by atoms with E-state index in [1.54, 1.807) is 32.0 Å². The van der Waals surface area contributed by atoms with Gasteiger partial charge in [0.2, 0.25) is 5.78 Å². The highest BCUT2D eigenvalue weighted by atomic mass is 19.1. The predicted molar refractivity (Wildman–Crippen MR) is 91.1 cm³/mol. The Bertz CT molecular complexity index is 925. The molecule has 0 radical (unpaired) electrons. The minimum Gasteiger partial charge on any atom is -0.466 e. The fraction of sp³-hybridized carbons (Fsp3) is 0.200. The van der Waals surface area contributed by atoms with Crippen LogP contribution >= 0.6 is 0 Å². The summed E-state index contributed by atoms with van der Waals surface area (Å²) in [5.74, 6) is -1.85. The number of hydrogen-bond donors (Lipinski definition) is 0. The van der Waals surface area contributed by atoms with E-state index in [1.807, 2.05) is 6.07 Å². The molecule has 25 heavy (non-hydrogen) atoms. The molecule has 3 aromatic rings. The number of hydrogen-bond acceptors (Lipinski definition) is 4. The maximum Gasteiger partial charge on any atom is 0.313 e. The SMILES string of the molecule is CCOC(=O)C(C)c1c(C(=O)c2ccc(F)cc2)oc2ccccc12. The second-order valence-corrected chi connectivity index (χ2v) is 5.65. The van der Waals surface area contributed by atoms with Crippen LogP contribution in [-0.2, 0) is 9.53 Å². The molecule has 1 aromatic heterocycles. The van der Waals surface area contributed by atoms with Crippen molar-refractivity contribution < 1.29 is 23.1 Å². The molecule has 0 aliphatic rings. The van der Waals surface area contributed by atoms with Crippen molar-refractivity contribution in [3.63, 3.8) is 0 Å². The number of carbonyl (C=O) groups is 2. The molecule has 0 N–H and O–H groups in total. The van der Waals surface area contributed by atoms with E-state index < -0.39 is 23.5 Å². The molecule has 0 bridgehead atoms. The zero-order valence-electron chi connectivity index (χ0n) is 13.9. The second-order valence-electron chi connectivity index (χ2n) is 5.65. The van der Waals surface area contributed by atoms with Crippen molar-refractivity contribution in [1.82, 2.24) is 0 Å². The standard InChI is InChI=1S/C20H17FO4/c1-3-24-20(23)12(2)17-15-6-4-5-7-16(15)25-19(17)18(22)13-8-10-14(21)11-9-13/h4-12H,3H2,1-2H3. The number of halogens is 1. The largest absolute Gasteiger partial charge is 0.466 e. The molecule has 1 heterocycles. The first-order valence-electron chi connectivity index (χ1n) is 8.01. The molecule has 1 atom stereocenters. The van der Waals surface area contributed by atoms with Gasteiger partial charge in [-0.25, -0.2) is 4.39 Å². The van der Waals surface area contributed by atoms with Gasteiger partial charge in [-0.3, -0.25) is 9.59 Å². The van der Waals surface area contributed by atoms with Crippen molar-refractivity contribution in [3.05, 3.63) is 71.2 Å². The lowest BCUT2D eigenvalue weighted by atomic mass is 9.94. The third-order valence-corrected chi connectivity index (χ3v) is 4.02. The molecule has 0 aliphatic heterocycles. The van der Waals surface area contributed by atoms with E-state index in [1.165, 1.54) is 24.3 Å². The van der Waals surface area contributed by atoms with Crippen molar-refractivity contribution in [2.24, 2.45) is 0 Å². The number of ether oxygens (including phenoxy) is 1. The van der Waals surface area contributed by atoms with E-state index >= 15 is 0 Å². The first-order valence-corrected chi connectivity index (χ1v) is 8.01. The van der Waals surface area contributed by atoms with Gasteiger partial charge in [0.25, 0.3) is 0 Å². The van der Waals surface area contributed by atoms with Gasteiger partial charge in [0.1, 0.15) is 11.4 Å². The molecular formula is C20H17FO4. The number of fused-ring (bicyclic) bond motifs is 1. The van der Waals surface area contributed by atoms with Crippen LogP contribution in [0.4, 0.5) is 4.39 Å². The minimum absolute atomic E-state index is 0.0772. The number of para-hydroxylation sites is 1. The molecule has 0 fully saturated rings. The van der Waals surface area contributed by atoms with Gasteiger partial charge in [-0.05, 0) is 44.2 Å². The predicted octanol–water partition coefficient (Wildman–Crippen LogP) is 4.47. The Balaban J connectivity index is 2.14. The summed E-state index contributed by atoms with van der Waals surface area (Å²) in [5.41, 5.74) is 1.29. The summed E-state index contributed by atoms with van der Waals surface area (Å²) in [4.78, 5) is 25.1. The lowest BCUT2D eigenvalue weighted by molar-refractivity contribution is -0.144. The van der Waals surface area contributed by atoms with Crippen LogP contribution in [0.2, 0.25) is 0 Å². The van der Waals surface area contributed by atoms with Crippen LogP contribution in [0.3, 0.4) is 0 Å². The molecule has 4 nitrogen and oxygen atoms in total. The third kappa shape index (κ3) is 3.18. The summed E-state index contributed by atoms with van der Waals surface area (Å²) < 4.78 is 24.0. The van der Waals surface area contributed by atoms with E-state index in [0.717, 1.165) is 0 Å². The highest BCUT2D eigenvalue weighted by Gasteiger charge is 2.29. The number of esters is 1. The van der Waals surface area contributed by atoms with Crippen LogP contribution < -0.4 is 0 Å². The Kier molecular flexibility index (Phi) is 4.65. The van der Waals surface area contributed by atoms with Gasteiger partial charge in [0.15, 0.2) is 5.76 Å². The third-order valence-electron chi connectivity index (χ3n) is 4.02. The monoisotopic (exact) mass is 340 g/mol. The fourth-order valence-electron chi connectivity index (χ4n) is 2.78. The average Bonchev–Trinajstić information content (AvgIpc) is 3.00. The number of furan rings is 1. The van der Waals surface area contributed by atoms with Gasteiger partial charge in [-0.1, -0.05) is 18.2 Å². The molecule has 128 valence electrons. The van der Waals surface area contributed by atoms with Crippen molar-refractivity contribution in [2.75, 3.05) is 6.61 Å². The number of carbonyl (C=O) groups excluding carboxylic acids is 2. The first kappa shape index (κ1) is 16.9. The topological polar surface area (TPSA) is 56.5 Å². The molecule has 0 saturated heterocycles. The zero-order valence-corrected chi connectivity index (χ0v) is 13.9. The fourth-order valence-corrected chi connectivity index (χ4v) is 2.78. The lowest BCUT2D eigenvalue weighted by Crippen LogP contribution is -2.15. The average molecular weight is 340 g/mol.